The summed E-state index contributed by atoms with van der Waals surface area (Å²) in [5.74, 6) is 0.736. The number of carbonyl (C=O) groups excluding carboxylic acids is 2. The molecule has 6 heteroatoms. The van der Waals surface area contributed by atoms with Crippen LogP contribution < -0.4 is 14.8 Å². The van der Waals surface area contributed by atoms with Crippen molar-refractivity contribution >= 4 is 18.0 Å². The highest BCUT2D eigenvalue weighted by atomic mass is 16.7. The maximum atomic E-state index is 11.5. The zero-order valence-electron chi connectivity index (χ0n) is 11.0. The summed E-state index contributed by atoms with van der Waals surface area (Å²) in [4.78, 5) is 22.4. The van der Waals surface area contributed by atoms with Crippen molar-refractivity contribution in [2.75, 3.05) is 20.4 Å². The van der Waals surface area contributed by atoms with Crippen LogP contribution in [0.5, 0.6) is 11.5 Å². The summed E-state index contributed by atoms with van der Waals surface area (Å²) >= 11 is 0. The summed E-state index contributed by atoms with van der Waals surface area (Å²) in [6.45, 7) is 0.466. The molecule has 0 saturated carbocycles. The van der Waals surface area contributed by atoms with Crippen LogP contribution in [0, 0.1) is 0 Å². The zero-order chi connectivity index (χ0) is 14.4. The van der Waals surface area contributed by atoms with Crippen molar-refractivity contribution in [1.29, 1.82) is 0 Å². The van der Waals surface area contributed by atoms with Crippen LogP contribution in [0.4, 0.5) is 0 Å². The third-order valence-electron chi connectivity index (χ3n) is 2.68. The first-order chi connectivity index (χ1) is 9.69. The molecule has 0 atom stereocenters. The summed E-state index contributed by atoms with van der Waals surface area (Å²) < 4.78 is 14.9. The minimum atomic E-state index is -0.356. The summed E-state index contributed by atoms with van der Waals surface area (Å²) in [5.41, 5.74) is 0.831. The Labute approximate surface area is 116 Å². The first-order valence-electron chi connectivity index (χ1n) is 6.11. The highest BCUT2D eigenvalue weighted by Gasteiger charge is 2.12. The van der Waals surface area contributed by atoms with Crippen LogP contribution in [0.1, 0.15) is 12.0 Å². The predicted octanol–water partition coefficient (Wildman–Crippen LogP) is 1.11. The summed E-state index contributed by atoms with van der Waals surface area (Å²) in [6.07, 6.45) is 3.21. The van der Waals surface area contributed by atoms with Crippen LogP contribution in [-0.2, 0) is 14.3 Å². The number of esters is 1. The Balaban J connectivity index is 1.83. The number of fused-ring (bicyclic) bond motifs is 1. The second kappa shape index (κ2) is 6.60. The minimum absolute atomic E-state index is 0.153. The van der Waals surface area contributed by atoms with Crippen LogP contribution >= 0.6 is 0 Å². The van der Waals surface area contributed by atoms with Crippen molar-refractivity contribution in [2.24, 2.45) is 0 Å². The first kappa shape index (κ1) is 13.9. The molecule has 0 radical (unpaired) electrons. The van der Waals surface area contributed by atoms with E-state index in [9.17, 15) is 9.59 Å². The van der Waals surface area contributed by atoms with Crippen molar-refractivity contribution in [2.45, 2.75) is 6.42 Å². The Hall–Kier alpha value is -2.50. The summed E-state index contributed by atoms with van der Waals surface area (Å²) in [6, 6.07) is 5.41. The van der Waals surface area contributed by atoms with Gasteiger partial charge in [-0.15, -0.1) is 0 Å². The van der Waals surface area contributed by atoms with Crippen molar-refractivity contribution in [3.05, 3.63) is 29.8 Å². The van der Waals surface area contributed by atoms with Crippen molar-refractivity contribution in [3.63, 3.8) is 0 Å². The molecule has 1 aliphatic heterocycles. The molecule has 2 rings (SSSR count). The third kappa shape index (κ3) is 3.74. The summed E-state index contributed by atoms with van der Waals surface area (Å²) in [7, 11) is 1.31. The van der Waals surface area contributed by atoms with Gasteiger partial charge < -0.3 is 19.5 Å². The largest absolute Gasteiger partial charge is 0.469 e. The number of methoxy groups -OCH3 is 1. The topological polar surface area (TPSA) is 73.9 Å². The van der Waals surface area contributed by atoms with E-state index in [0.717, 1.165) is 5.56 Å². The highest BCUT2D eigenvalue weighted by Crippen LogP contribution is 2.32. The lowest BCUT2D eigenvalue weighted by Crippen LogP contribution is -2.24. The predicted molar refractivity (Wildman–Crippen MR) is 71.2 cm³/mol. The van der Waals surface area contributed by atoms with Gasteiger partial charge in [-0.1, -0.05) is 6.07 Å². The van der Waals surface area contributed by atoms with Gasteiger partial charge in [0.25, 0.3) is 0 Å². The van der Waals surface area contributed by atoms with Gasteiger partial charge in [0.15, 0.2) is 11.5 Å². The SMILES string of the molecule is COC(=O)CCNC(=O)/C=C/c1ccc2c(c1)OCO2. The molecule has 0 aromatic heterocycles. The van der Waals surface area contributed by atoms with Gasteiger partial charge >= 0.3 is 5.97 Å². The number of amides is 1. The lowest BCUT2D eigenvalue weighted by Gasteiger charge is -2.01. The molecular weight excluding hydrogens is 262 g/mol. The Kier molecular flexibility index (Phi) is 4.60. The van der Waals surface area contributed by atoms with E-state index >= 15 is 0 Å². The number of hydrogen-bond acceptors (Lipinski definition) is 5. The second-order valence-corrected chi connectivity index (χ2v) is 4.06. The van der Waals surface area contributed by atoms with Crippen LogP contribution in [0.3, 0.4) is 0 Å². The van der Waals surface area contributed by atoms with Crippen LogP contribution in [-0.4, -0.2) is 32.3 Å². The van der Waals surface area contributed by atoms with Gasteiger partial charge in [0, 0.05) is 12.6 Å². The fourth-order valence-electron chi connectivity index (χ4n) is 1.64. The number of nitrogens with one attached hydrogen (secondary N) is 1. The lowest BCUT2D eigenvalue weighted by atomic mass is 10.2. The Morgan fingerprint density at radius 1 is 1.35 bits per heavy atom. The van der Waals surface area contributed by atoms with E-state index in [1.54, 1.807) is 18.2 Å². The lowest BCUT2D eigenvalue weighted by molar-refractivity contribution is -0.140. The van der Waals surface area contributed by atoms with Crippen molar-refractivity contribution < 1.29 is 23.8 Å². The number of rotatable bonds is 5. The van der Waals surface area contributed by atoms with Gasteiger partial charge in [-0.2, -0.15) is 0 Å². The molecule has 106 valence electrons. The smallest absolute Gasteiger partial charge is 0.307 e. The Morgan fingerprint density at radius 3 is 2.95 bits per heavy atom. The van der Waals surface area contributed by atoms with Gasteiger partial charge in [-0.05, 0) is 23.8 Å². The van der Waals surface area contributed by atoms with Crippen LogP contribution in [0.15, 0.2) is 24.3 Å². The number of carbonyl (C=O) groups is 2. The summed E-state index contributed by atoms with van der Waals surface area (Å²) in [5, 5.41) is 2.59. The molecule has 1 heterocycles. The van der Waals surface area contributed by atoms with E-state index in [2.05, 4.69) is 10.1 Å². The van der Waals surface area contributed by atoms with E-state index in [1.165, 1.54) is 13.2 Å². The molecule has 1 aromatic carbocycles. The maximum Gasteiger partial charge on any atom is 0.307 e. The molecule has 1 aliphatic rings. The van der Waals surface area contributed by atoms with Gasteiger partial charge in [0.1, 0.15) is 0 Å². The first-order valence-corrected chi connectivity index (χ1v) is 6.11. The molecular formula is C14H15NO5. The minimum Gasteiger partial charge on any atom is -0.469 e. The van der Waals surface area contributed by atoms with E-state index in [1.807, 2.05) is 6.07 Å². The molecule has 0 saturated heterocycles. The molecule has 1 N–H and O–H groups in total. The molecule has 20 heavy (non-hydrogen) atoms. The Bertz CT molecular complexity index is 538. The highest BCUT2D eigenvalue weighted by molar-refractivity contribution is 5.92. The molecule has 0 aliphatic carbocycles. The molecule has 0 spiro atoms. The zero-order valence-corrected chi connectivity index (χ0v) is 11.0. The number of ether oxygens (including phenoxy) is 3. The molecule has 1 aromatic rings. The average molecular weight is 277 g/mol. The molecule has 0 bridgehead atoms. The van der Waals surface area contributed by atoms with Gasteiger partial charge in [-0.25, -0.2) is 0 Å². The standard InChI is InChI=1S/C14H15NO5/c1-18-14(17)6-7-15-13(16)5-3-10-2-4-11-12(8-10)20-9-19-11/h2-5,8H,6-7,9H2,1H3,(H,15,16)/b5-3+. The molecule has 1 amide bonds. The van der Waals surface area contributed by atoms with Gasteiger partial charge in [0.05, 0.1) is 13.5 Å². The van der Waals surface area contributed by atoms with E-state index in [0.29, 0.717) is 11.5 Å². The molecule has 0 unspecified atom stereocenters. The average Bonchev–Trinajstić information content (AvgIpc) is 2.92. The normalized spacial score (nSPS) is 12.4. The van der Waals surface area contributed by atoms with E-state index in [-0.39, 0.29) is 31.6 Å². The molecule has 6 nitrogen and oxygen atoms in total. The number of hydrogen-bond donors (Lipinski definition) is 1. The fourth-order valence-corrected chi connectivity index (χ4v) is 1.64. The molecule has 0 fully saturated rings. The van der Waals surface area contributed by atoms with Crippen LogP contribution in [0.25, 0.3) is 6.08 Å². The second-order valence-electron chi connectivity index (χ2n) is 4.06. The quantitative estimate of drug-likeness (QED) is 0.644. The monoisotopic (exact) mass is 277 g/mol. The third-order valence-corrected chi connectivity index (χ3v) is 2.68. The van der Waals surface area contributed by atoms with Gasteiger partial charge in [-0.3, -0.25) is 9.59 Å². The van der Waals surface area contributed by atoms with Gasteiger partial charge in [0.2, 0.25) is 12.7 Å². The van der Waals surface area contributed by atoms with E-state index < -0.39 is 0 Å². The van der Waals surface area contributed by atoms with Crippen molar-refractivity contribution in [3.8, 4) is 11.5 Å². The fraction of sp³-hybridized carbons (Fsp3) is 0.286. The van der Waals surface area contributed by atoms with Crippen LogP contribution in [0.2, 0.25) is 0 Å². The maximum absolute atomic E-state index is 11.5. The Morgan fingerprint density at radius 2 is 2.15 bits per heavy atom. The van der Waals surface area contributed by atoms with Crippen molar-refractivity contribution in [1.82, 2.24) is 5.32 Å². The number of benzene rings is 1. The van der Waals surface area contributed by atoms with E-state index in [4.69, 9.17) is 9.47 Å².